The maximum Gasteiger partial charge on any atom is 0.163 e. The van der Waals surface area contributed by atoms with Gasteiger partial charge in [-0.05, 0) is 26.7 Å². The van der Waals surface area contributed by atoms with E-state index in [1.165, 1.54) is 19.2 Å². The lowest BCUT2D eigenvalue weighted by atomic mass is 10.2. The van der Waals surface area contributed by atoms with E-state index in [9.17, 15) is 0 Å². The highest BCUT2D eigenvalue weighted by Crippen LogP contribution is 2.39. The van der Waals surface area contributed by atoms with Gasteiger partial charge in [-0.25, -0.2) is 19.6 Å². The van der Waals surface area contributed by atoms with Gasteiger partial charge in [0.25, 0.3) is 0 Å². The van der Waals surface area contributed by atoms with Gasteiger partial charge in [0.05, 0.1) is 0 Å². The third kappa shape index (κ3) is 1.94. The quantitative estimate of drug-likeness (QED) is 0.886. The van der Waals surface area contributed by atoms with Crippen molar-refractivity contribution in [2.45, 2.75) is 32.6 Å². The van der Waals surface area contributed by atoms with Crippen LogP contribution in [0, 0.1) is 6.92 Å². The van der Waals surface area contributed by atoms with Crippen molar-refractivity contribution in [3.63, 3.8) is 0 Å². The van der Waals surface area contributed by atoms with Crippen molar-refractivity contribution in [2.24, 2.45) is 0 Å². The first kappa shape index (κ1) is 11.1. The summed E-state index contributed by atoms with van der Waals surface area (Å²) < 4.78 is 1.70. The van der Waals surface area contributed by atoms with Gasteiger partial charge in [-0.2, -0.15) is 5.10 Å². The van der Waals surface area contributed by atoms with Crippen LogP contribution in [-0.4, -0.2) is 31.3 Å². The Balaban J connectivity index is 2.10. The van der Waals surface area contributed by atoms with E-state index < -0.39 is 0 Å². The summed E-state index contributed by atoms with van der Waals surface area (Å²) in [4.78, 5) is 13.2. The van der Waals surface area contributed by atoms with Crippen LogP contribution in [0.25, 0.3) is 5.82 Å². The summed E-state index contributed by atoms with van der Waals surface area (Å²) in [5.74, 6) is 3.16. The molecule has 0 saturated heterocycles. The second-order valence-electron chi connectivity index (χ2n) is 4.52. The first-order valence-electron chi connectivity index (χ1n) is 6.27. The average molecular weight is 244 g/mol. The number of aromatic nitrogens is 5. The predicted molar refractivity (Wildman–Crippen MR) is 67.8 cm³/mol. The lowest BCUT2D eigenvalue weighted by molar-refractivity contribution is 0.798. The van der Waals surface area contributed by atoms with Crippen LogP contribution in [0.5, 0.6) is 0 Å². The van der Waals surface area contributed by atoms with Gasteiger partial charge in [-0.15, -0.1) is 0 Å². The van der Waals surface area contributed by atoms with Crippen LogP contribution in [-0.2, 0) is 0 Å². The van der Waals surface area contributed by atoms with Gasteiger partial charge in [0.15, 0.2) is 5.82 Å². The Labute approximate surface area is 105 Å². The van der Waals surface area contributed by atoms with Crippen LogP contribution in [0.2, 0.25) is 0 Å². The van der Waals surface area contributed by atoms with Crippen molar-refractivity contribution in [2.75, 3.05) is 11.9 Å². The molecule has 1 saturated carbocycles. The van der Waals surface area contributed by atoms with Crippen LogP contribution in [0.4, 0.5) is 5.82 Å². The molecule has 2 aromatic heterocycles. The summed E-state index contributed by atoms with van der Waals surface area (Å²) in [6.45, 7) is 4.91. The highest BCUT2D eigenvalue weighted by atomic mass is 15.3. The molecule has 0 radical (unpaired) electrons. The zero-order valence-corrected chi connectivity index (χ0v) is 10.6. The Hall–Kier alpha value is -1.98. The molecule has 6 heteroatoms. The summed E-state index contributed by atoms with van der Waals surface area (Å²) in [5, 5.41) is 7.45. The Kier molecular flexibility index (Phi) is 2.70. The van der Waals surface area contributed by atoms with E-state index in [-0.39, 0.29) is 0 Å². The molecule has 1 aliphatic rings. The number of hydrogen-bond donors (Lipinski definition) is 1. The Morgan fingerprint density at radius 3 is 2.83 bits per heavy atom. The minimum absolute atomic E-state index is 0.519. The maximum absolute atomic E-state index is 4.63. The molecule has 1 fully saturated rings. The fourth-order valence-corrected chi connectivity index (χ4v) is 1.93. The van der Waals surface area contributed by atoms with Crippen molar-refractivity contribution >= 4 is 5.82 Å². The van der Waals surface area contributed by atoms with Gasteiger partial charge in [-0.3, -0.25) is 0 Å². The zero-order chi connectivity index (χ0) is 12.5. The predicted octanol–water partition coefficient (Wildman–Crippen LogP) is 1.67. The van der Waals surface area contributed by atoms with Crippen LogP contribution in [0.1, 0.15) is 37.1 Å². The van der Waals surface area contributed by atoms with E-state index in [2.05, 4.69) is 32.3 Å². The fourth-order valence-electron chi connectivity index (χ4n) is 1.93. The third-order valence-corrected chi connectivity index (χ3v) is 3.06. The highest BCUT2D eigenvalue weighted by molar-refractivity contribution is 5.51. The average Bonchev–Trinajstić information content (AvgIpc) is 3.08. The van der Waals surface area contributed by atoms with Gasteiger partial charge in [0.1, 0.15) is 24.3 Å². The molecule has 0 aromatic carbocycles. The second-order valence-corrected chi connectivity index (χ2v) is 4.52. The molecule has 0 bridgehead atoms. The molecule has 0 amide bonds. The molecule has 3 rings (SSSR count). The Morgan fingerprint density at radius 1 is 1.39 bits per heavy atom. The number of anilines is 1. The summed E-state index contributed by atoms with van der Waals surface area (Å²) in [6.07, 6.45) is 5.56. The first-order chi connectivity index (χ1) is 8.79. The molecule has 0 unspecified atom stereocenters. The van der Waals surface area contributed by atoms with Crippen LogP contribution < -0.4 is 5.32 Å². The molecule has 6 nitrogen and oxygen atoms in total. The summed E-state index contributed by atoms with van der Waals surface area (Å²) in [6, 6.07) is 0. The summed E-state index contributed by atoms with van der Waals surface area (Å²) >= 11 is 0. The molecular weight excluding hydrogens is 228 g/mol. The lowest BCUT2D eigenvalue weighted by Crippen LogP contribution is -2.11. The van der Waals surface area contributed by atoms with Gasteiger partial charge in [0.2, 0.25) is 0 Å². The molecule has 18 heavy (non-hydrogen) atoms. The van der Waals surface area contributed by atoms with Crippen molar-refractivity contribution in [3.05, 3.63) is 24.0 Å². The van der Waals surface area contributed by atoms with E-state index in [0.717, 1.165) is 29.6 Å². The van der Waals surface area contributed by atoms with E-state index >= 15 is 0 Å². The maximum atomic E-state index is 4.63. The molecule has 0 atom stereocenters. The van der Waals surface area contributed by atoms with Crippen LogP contribution in [0.15, 0.2) is 12.7 Å². The van der Waals surface area contributed by atoms with Crippen molar-refractivity contribution in [3.8, 4) is 5.82 Å². The lowest BCUT2D eigenvalue weighted by Gasteiger charge is -2.12. The molecule has 1 aliphatic carbocycles. The molecule has 94 valence electrons. The van der Waals surface area contributed by atoms with E-state index in [1.807, 2.05) is 6.92 Å². The standard InChI is InChI=1S/C12H16N6/c1-3-14-10-8(2)12(18-7-13-6-15-18)17-11(16-10)9-4-5-9/h6-7,9H,3-5H2,1-2H3,(H,14,16,17). The van der Waals surface area contributed by atoms with Gasteiger partial charge in [0, 0.05) is 18.0 Å². The van der Waals surface area contributed by atoms with Gasteiger partial charge < -0.3 is 5.32 Å². The van der Waals surface area contributed by atoms with Gasteiger partial charge >= 0.3 is 0 Å². The van der Waals surface area contributed by atoms with E-state index in [1.54, 1.807) is 11.0 Å². The minimum atomic E-state index is 0.519. The minimum Gasteiger partial charge on any atom is -0.370 e. The number of nitrogens with zero attached hydrogens (tertiary/aromatic N) is 5. The van der Waals surface area contributed by atoms with Crippen molar-refractivity contribution < 1.29 is 0 Å². The second kappa shape index (κ2) is 4.36. The normalized spacial score (nSPS) is 14.8. The first-order valence-corrected chi connectivity index (χ1v) is 6.27. The Bertz CT molecular complexity index is 544. The number of hydrogen-bond acceptors (Lipinski definition) is 5. The van der Waals surface area contributed by atoms with Crippen molar-refractivity contribution in [1.29, 1.82) is 0 Å². The third-order valence-electron chi connectivity index (χ3n) is 3.06. The van der Waals surface area contributed by atoms with Crippen molar-refractivity contribution in [1.82, 2.24) is 24.7 Å². The Morgan fingerprint density at radius 2 is 2.22 bits per heavy atom. The molecule has 0 aliphatic heterocycles. The summed E-state index contributed by atoms with van der Waals surface area (Å²) in [5.41, 5.74) is 1.01. The fraction of sp³-hybridized carbons (Fsp3) is 0.500. The van der Waals surface area contributed by atoms with Crippen LogP contribution >= 0.6 is 0 Å². The smallest absolute Gasteiger partial charge is 0.163 e. The van der Waals surface area contributed by atoms with E-state index in [0.29, 0.717) is 5.92 Å². The number of rotatable bonds is 4. The monoisotopic (exact) mass is 244 g/mol. The molecule has 0 spiro atoms. The van der Waals surface area contributed by atoms with Crippen LogP contribution in [0.3, 0.4) is 0 Å². The van der Waals surface area contributed by atoms with Gasteiger partial charge in [-0.1, -0.05) is 0 Å². The largest absolute Gasteiger partial charge is 0.370 e. The van der Waals surface area contributed by atoms with E-state index in [4.69, 9.17) is 0 Å². The summed E-state index contributed by atoms with van der Waals surface area (Å²) in [7, 11) is 0. The molecule has 2 heterocycles. The molecule has 1 N–H and O–H groups in total. The topological polar surface area (TPSA) is 68.5 Å². The number of nitrogens with one attached hydrogen (secondary N) is 1. The molecular formula is C12H16N6. The highest BCUT2D eigenvalue weighted by Gasteiger charge is 2.28. The zero-order valence-electron chi connectivity index (χ0n) is 10.6. The molecule has 2 aromatic rings. The SMILES string of the molecule is CCNc1nc(C2CC2)nc(-n2cncn2)c1C.